The SMILES string of the molecule is FC(F)(F)C(F)(F)C(F)(F)C(F)(F)C(F)(F)C(F)(F)CC(/C=C/c1ccccc1)c1ccccc1. The van der Waals surface area contributed by atoms with Crippen molar-refractivity contribution in [1.29, 1.82) is 0 Å². The first-order chi connectivity index (χ1) is 15.8. The second kappa shape index (κ2) is 9.38. The molecule has 1 atom stereocenters. The second-order valence-electron chi connectivity index (χ2n) is 7.49. The molecule has 0 N–H and O–H groups in total. The summed E-state index contributed by atoms with van der Waals surface area (Å²) < 4.78 is 175. The molecule has 0 aromatic heterocycles. The van der Waals surface area contributed by atoms with Gasteiger partial charge in [0.15, 0.2) is 0 Å². The maximum absolute atomic E-state index is 14.5. The minimum absolute atomic E-state index is 0.175. The zero-order chi connectivity index (χ0) is 26.9. The normalized spacial score (nSPS) is 15.5. The van der Waals surface area contributed by atoms with Crippen LogP contribution in [0.4, 0.5) is 57.1 Å². The molecule has 0 amide bonds. The molecular formula is C22H15F13. The largest absolute Gasteiger partial charge is 0.460 e. The van der Waals surface area contributed by atoms with E-state index in [1.807, 2.05) is 0 Å². The Bertz CT molecular complexity index is 993. The van der Waals surface area contributed by atoms with Crippen LogP contribution >= 0.6 is 0 Å². The number of rotatable bonds is 9. The number of allylic oxidation sites excluding steroid dienone is 1. The zero-order valence-electron chi connectivity index (χ0n) is 17.1. The molecule has 0 heterocycles. The lowest BCUT2D eigenvalue weighted by atomic mass is 9.86. The molecule has 194 valence electrons. The van der Waals surface area contributed by atoms with Crippen LogP contribution in [0.15, 0.2) is 66.7 Å². The molecule has 1 unspecified atom stereocenters. The van der Waals surface area contributed by atoms with Crippen LogP contribution in [0.3, 0.4) is 0 Å². The molecule has 0 aliphatic rings. The summed E-state index contributed by atoms with van der Waals surface area (Å²) in [5.41, 5.74) is 0.163. The highest BCUT2D eigenvalue weighted by molar-refractivity contribution is 5.50. The van der Waals surface area contributed by atoms with E-state index in [9.17, 15) is 57.1 Å². The van der Waals surface area contributed by atoms with E-state index in [2.05, 4.69) is 0 Å². The molecule has 0 saturated heterocycles. The van der Waals surface area contributed by atoms with Crippen molar-refractivity contribution in [2.45, 2.75) is 48.1 Å². The van der Waals surface area contributed by atoms with E-state index in [4.69, 9.17) is 0 Å². The Balaban J connectivity index is 2.50. The van der Waals surface area contributed by atoms with Crippen molar-refractivity contribution >= 4 is 6.08 Å². The van der Waals surface area contributed by atoms with Gasteiger partial charge in [-0.3, -0.25) is 0 Å². The monoisotopic (exact) mass is 526 g/mol. The highest BCUT2D eigenvalue weighted by atomic mass is 19.4. The summed E-state index contributed by atoms with van der Waals surface area (Å²) in [4.78, 5) is 0. The maximum atomic E-state index is 14.5. The van der Waals surface area contributed by atoms with Gasteiger partial charge < -0.3 is 0 Å². The van der Waals surface area contributed by atoms with Crippen molar-refractivity contribution in [2.24, 2.45) is 0 Å². The lowest BCUT2D eigenvalue weighted by molar-refractivity contribution is -0.440. The number of alkyl halides is 13. The van der Waals surface area contributed by atoms with Crippen LogP contribution in [0.25, 0.3) is 6.08 Å². The van der Waals surface area contributed by atoms with Crippen molar-refractivity contribution in [3.05, 3.63) is 77.9 Å². The van der Waals surface area contributed by atoms with Gasteiger partial charge in [-0.25, -0.2) is 0 Å². The second-order valence-corrected chi connectivity index (χ2v) is 7.49. The van der Waals surface area contributed by atoms with Gasteiger partial charge in [0.05, 0.1) is 0 Å². The van der Waals surface area contributed by atoms with Crippen molar-refractivity contribution in [1.82, 2.24) is 0 Å². The van der Waals surface area contributed by atoms with Crippen LogP contribution in [0.1, 0.15) is 23.5 Å². The van der Waals surface area contributed by atoms with E-state index in [1.165, 1.54) is 42.5 Å². The van der Waals surface area contributed by atoms with Crippen LogP contribution in [0.2, 0.25) is 0 Å². The van der Waals surface area contributed by atoms with Crippen molar-refractivity contribution < 1.29 is 57.1 Å². The van der Waals surface area contributed by atoms with Gasteiger partial charge in [0.25, 0.3) is 0 Å². The van der Waals surface area contributed by atoms with Gasteiger partial charge >= 0.3 is 35.8 Å². The average Bonchev–Trinajstić information content (AvgIpc) is 2.76. The van der Waals surface area contributed by atoms with Gasteiger partial charge in [0, 0.05) is 12.3 Å². The summed E-state index contributed by atoms with van der Waals surface area (Å²) in [6.07, 6.45) is -7.78. The lowest BCUT2D eigenvalue weighted by Crippen LogP contribution is -2.70. The molecule has 0 bridgehead atoms. The van der Waals surface area contributed by atoms with E-state index in [-0.39, 0.29) is 5.56 Å². The third-order valence-electron chi connectivity index (χ3n) is 5.02. The van der Waals surface area contributed by atoms with Gasteiger partial charge in [0.2, 0.25) is 0 Å². The van der Waals surface area contributed by atoms with Crippen LogP contribution in [0.5, 0.6) is 0 Å². The topological polar surface area (TPSA) is 0 Å². The first-order valence-electron chi connectivity index (χ1n) is 9.53. The summed E-state index contributed by atoms with van der Waals surface area (Å²) in [6.45, 7) is 0. The predicted octanol–water partition coefficient (Wildman–Crippen LogP) is 8.61. The Labute approximate surface area is 190 Å². The fourth-order valence-corrected chi connectivity index (χ4v) is 3.00. The quantitative estimate of drug-likeness (QED) is 0.287. The van der Waals surface area contributed by atoms with Gasteiger partial charge in [-0.2, -0.15) is 57.1 Å². The third-order valence-corrected chi connectivity index (χ3v) is 5.02. The van der Waals surface area contributed by atoms with Crippen molar-refractivity contribution in [3.8, 4) is 0 Å². The maximum Gasteiger partial charge on any atom is 0.460 e. The Morgan fingerprint density at radius 3 is 1.43 bits per heavy atom. The molecule has 2 aromatic carbocycles. The summed E-state index contributed by atoms with van der Waals surface area (Å²) >= 11 is 0. The van der Waals surface area contributed by atoms with Gasteiger partial charge in [-0.05, 0) is 11.1 Å². The zero-order valence-corrected chi connectivity index (χ0v) is 17.1. The van der Waals surface area contributed by atoms with Crippen LogP contribution in [0, 0.1) is 0 Å². The first kappa shape index (κ1) is 28.5. The Kier molecular flexibility index (Phi) is 7.64. The molecule has 2 aromatic rings. The summed E-state index contributed by atoms with van der Waals surface area (Å²) in [5.74, 6) is -38.8. The lowest BCUT2D eigenvalue weighted by Gasteiger charge is -2.40. The molecule has 0 spiro atoms. The molecule has 35 heavy (non-hydrogen) atoms. The molecule has 0 radical (unpaired) electrons. The number of benzene rings is 2. The van der Waals surface area contributed by atoms with Crippen LogP contribution in [-0.2, 0) is 0 Å². The van der Waals surface area contributed by atoms with E-state index >= 15 is 0 Å². The van der Waals surface area contributed by atoms with Crippen molar-refractivity contribution in [3.63, 3.8) is 0 Å². The summed E-state index contributed by atoms with van der Waals surface area (Å²) in [5, 5.41) is 0. The van der Waals surface area contributed by atoms with E-state index in [1.54, 1.807) is 6.07 Å². The highest BCUT2D eigenvalue weighted by Crippen LogP contribution is 2.61. The van der Waals surface area contributed by atoms with E-state index in [0.29, 0.717) is 5.56 Å². The smallest absolute Gasteiger partial charge is 0.200 e. The summed E-state index contributed by atoms with van der Waals surface area (Å²) in [7, 11) is 0. The van der Waals surface area contributed by atoms with Crippen LogP contribution in [-0.4, -0.2) is 35.8 Å². The fourth-order valence-electron chi connectivity index (χ4n) is 3.00. The Hall–Kier alpha value is -2.73. The standard InChI is InChI=1S/C22H15F13/c23-17(24,18(25,26)19(27,28)20(29,30)21(31,32)22(33,34)35)13-16(15-9-5-2-6-10-15)12-11-14-7-3-1-4-8-14/h1-12,16H,13H2/b12-11+. The number of halogens is 13. The average molecular weight is 526 g/mol. The molecule has 0 aliphatic carbocycles. The van der Waals surface area contributed by atoms with Crippen LogP contribution < -0.4 is 0 Å². The molecule has 0 nitrogen and oxygen atoms in total. The van der Waals surface area contributed by atoms with Gasteiger partial charge in [-0.15, -0.1) is 0 Å². The molecular weight excluding hydrogens is 511 g/mol. The molecule has 0 saturated carbocycles. The highest BCUT2D eigenvalue weighted by Gasteiger charge is 2.90. The Morgan fingerprint density at radius 1 is 0.543 bits per heavy atom. The predicted molar refractivity (Wildman–Crippen MR) is 100 cm³/mol. The molecule has 2 rings (SSSR count). The minimum atomic E-state index is -7.91. The van der Waals surface area contributed by atoms with Gasteiger partial charge in [0.1, 0.15) is 0 Å². The minimum Gasteiger partial charge on any atom is -0.200 e. The number of hydrogen-bond acceptors (Lipinski definition) is 0. The van der Waals surface area contributed by atoms with Gasteiger partial charge in [-0.1, -0.05) is 72.8 Å². The molecule has 0 aliphatic heterocycles. The summed E-state index contributed by atoms with van der Waals surface area (Å²) in [6, 6.07) is 13.6. The van der Waals surface area contributed by atoms with E-state index in [0.717, 1.165) is 24.3 Å². The molecule has 13 heteroatoms. The fraction of sp³-hybridized carbons (Fsp3) is 0.364. The third kappa shape index (κ3) is 5.13. The first-order valence-corrected chi connectivity index (χ1v) is 9.53. The van der Waals surface area contributed by atoms with Crippen molar-refractivity contribution in [2.75, 3.05) is 0 Å². The molecule has 0 fully saturated rings. The van der Waals surface area contributed by atoms with E-state index < -0.39 is 48.1 Å². The Morgan fingerprint density at radius 2 is 0.971 bits per heavy atom. The number of hydrogen-bond donors (Lipinski definition) is 0.